The lowest BCUT2D eigenvalue weighted by Crippen LogP contribution is -2.48. The van der Waals surface area contributed by atoms with Crippen LogP contribution in [0.15, 0.2) is 30.7 Å². The van der Waals surface area contributed by atoms with Gasteiger partial charge >= 0.3 is 0 Å². The molecule has 0 aromatic carbocycles. The van der Waals surface area contributed by atoms with Crippen LogP contribution < -0.4 is 16.0 Å². The molecule has 0 unspecified atom stereocenters. The molecule has 0 saturated carbocycles. The highest BCUT2D eigenvalue weighted by Gasteiger charge is 2.23. The Labute approximate surface area is 169 Å². The summed E-state index contributed by atoms with van der Waals surface area (Å²) < 4.78 is 3.65. The second kappa shape index (κ2) is 7.93. The molecule has 0 radical (unpaired) electrons. The number of nitrogens with zero attached hydrogens (tertiary/aromatic N) is 6. The van der Waals surface area contributed by atoms with Gasteiger partial charge in [0.25, 0.3) is 0 Å². The monoisotopic (exact) mass is 391 g/mol. The number of anilines is 2. The van der Waals surface area contributed by atoms with Crippen molar-refractivity contribution in [1.82, 2.24) is 29.9 Å². The Balaban J connectivity index is 1.34. The maximum absolute atomic E-state index is 8.96. The summed E-state index contributed by atoms with van der Waals surface area (Å²) in [6.07, 6.45) is 5.70. The van der Waals surface area contributed by atoms with Gasteiger partial charge in [0.05, 0.1) is 24.5 Å². The number of pyridine rings is 1. The van der Waals surface area contributed by atoms with Crippen molar-refractivity contribution in [2.24, 2.45) is 7.05 Å². The van der Waals surface area contributed by atoms with Crippen molar-refractivity contribution in [1.29, 1.82) is 5.26 Å². The van der Waals surface area contributed by atoms with E-state index in [1.807, 2.05) is 37.2 Å². The van der Waals surface area contributed by atoms with Crippen LogP contribution in [-0.4, -0.2) is 49.7 Å². The highest BCUT2D eigenvalue weighted by atomic mass is 15.3. The van der Waals surface area contributed by atoms with Crippen molar-refractivity contribution in [2.75, 3.05) is 23.7 Å². The van der Waals surface area contributed by atoms with E-state index in [2.05, 4.69) is 50.2 Å². The summed E-state index contributed by atoms with van der Waals surface area (Å²) >= 11 is 0. The van der Waals surface area contributed by atoms with Gasteiger partial charge in [-0.25, -0.2) is 4.98 Å². The number of nitrogens with one attached hydrogen (secondary N) is 3. The number of hydrogen-bond acceptors (Lipinski definition) is 7. The first kappa shape index (κ1) is 19.0. The Morgan fingerprint density at radius 1 is 1.34 bits per heavy atom. The molecule has 0 saturated heterocycles. The molecule has 0 fully saturated rings. The molecule has 2 atom stereocenters. The van der Waals surface area contributed by atoms with Gasteiger partial charge in [0, 0.05) is 55.4 Å². The first-order valence-corrected chi connectivity index (χ1v) is 9.71. The maximum Gasteiger partial charge on any atom is 0.162 e. The fraction of sp³-hybridized carbons (Fsp3) is 0.400. The van der Waals surface area contributed by atoms with Crippen LogP contribution in [-0.2, 0) is 13.6 Å². The van der Waals surface area contributed by atoms with E-state index in [9.17, 15) is 0 Å². The lowest BCUT2D eigenvalue weighted by atomic mass is 10.1. The smallest absolute Gasteiger partial charge is 0.162 e. The van der Waals surface area contributed by atoms with Crippen LogP contribution in [0.3, 0.4) is 0 Å². The van der Waals surface area contributed by atoms with E-state index in [-0.39, 0.29) is 12.1 Å². The van der Waals surface area contributed by atoms with Gasteiger partial charge in [-0.05, 0) is 26.0 Å². The molecular formula is C20H25N9. The zero-order valence-electron chi connectivity index (χ0n) is 16.8. The van der Waals surface area contributed by atoms with Crippen molar-refractivity contribution < 1.29 is 0 Å². The number of fused-ring (bicyclic) bond motifs is 1. The number of hydrogen-bond donors (Lipinski definition) is 3. The van der Waals surface area contributed by atoms with E-state index in [0.29, 0.717) is 5.69 Å². The lowest BCUT2D eigenvalue weighted by Gasteiger charge is -2.32. The van der Waals surface area contributed by atoms with Gasteiger partial charge in [-0.3, -0.25) is 9.36 Å². The van der Waals surface area contributed by atoms with Gasteiger partial charge in [-0.15, -0.1) is 0 Å². The van der Waals surface area contributed by atoms with E-state index in [0.717, 1.165) is 48.0 Å². The molecule has 3 N–H and O–H groups in total. The first-order valence-electron chi connectivity index (χ1n) is 9.71. The lowest BCUT2D eigenvalue weighted by molar-refractivity contribution is 0.452. The van der Waals surface area contributed by atoms with Crippen LogP contribution in [0.2, 0.25) is 0 Å². The molecule has 1 aliphatic rings. The van der Waals surface area contributed by atoms with Crippen molar-refractivity contribution >= 4 is 11.5 Å². The first-order chi connectivity index (χ1) is 14.0. The van der Waals surface area contributed by atoms with Crippen LogP contribution in [0.1, 0.15) is 18.3 Å². The Bertz CT molecular complexity index is 1040. The fourth-order valence-electron chi connectivity index (χ4n) is 3.52. The van der Waals surface area contributed by atoms with Crippen LogP contribution >= 0.6 is 0 Å². The minimum atomic E-state index is 0.215. The average molecular weight is 391 g/mol. The Morgan fingerprint density at radius 2 is 2.21 bits per heavy atom. The Kier molecular flexibility index (Phi) is 5.18. The van der Waals surface area contributed by atoms with Gasteiger partial charge in [-0.1, -0.05) is 0 Å². The largest absolute Gasteiger partial charge is 0.380 e. The Hall–Kier alpha value is -3.38. The normalized spacial score (nSPS) is 16.4. The zero-order valence-corrected chi connectivity index (χ0v) is 16.8. The zero-order chi connectivity index (χ0) is 20.4. The molecule has 0 aliphatic carbocycles. The van der Waals surface area contributed by atoms with E-state index in [1.165, 1.54) is 0 Å². The third-order valence-corrected chi connectivity index (χ3v) is 5.25. The van der Waals surface area contributed by atoms with E-state index in [1.54, 1.807) is 10.7 Å². The minimum absolute atomic E-state index is 0.215. The number of nitriles is 1. The SMILES string of the molecule is Cc1cc(C#N)nn1CCN[C@H](C)[C@H]1CNc2cc(-c3cnn(C)c3)cnc2N1. The Morgan fingerprint density at radius 3 is 2.93 bits per heavy atom. The van der Waals surface area contributed by atoms with Crippen molar-refractivity contribution in [3.63, 3.8) is 0 Å². The molecule has 4 rings (SSSR count). The molecular weight excluding hydrogens is 366 g/mol. The molecule has 9 nitrogen and oxygen atoms in total. The molecule has 0 spiro atoms. The summed E-state index contributed by atoms with van der Waals surface area (Å²) in [7, 11) is 1.91. The highest BCUT2D eigenvalue weighted by molar-refractivity contribution is 5.75. The summed E-state index contributed by atoms with van der Waals surface area (Å²) in [6, 6.07) is 6.44. The second-order valence-electron chi connectivity index (χ2n) is 7.40. The van der Waals surface area contributed by atoms with Gasteiger partial charge in [0.2, 0.25) is 0 Å². The van der Waals surface area contributed by atoms with Gasteiger partial charge in [-0.2, -0.15) is 15.5 Å². The second-order valence-corrected chi connectivity index (χ2v) is 7.40. The molecule has 0 bridgehead atoms. The minimum Gasteiger partial charge on any atom is -0.380 e. The molecule has 4 heterocycles. The van der Waals surface area contributed by atoms with Crippen LogP contribution in [0.5, 0.6) is 0 Å². The highest BCUT2D eigenvalue weighted by Crippen LogP contribution is 2.29. The van der Waals surface area contributed by atoms with E-state index in [4.69, 9.17) is 5.26 Å². The van der Waals surface area contributed by atoms with Crippen molar-refractivity contribution in [2.45, 2.75) is 32.5 Å². The topological polar surface area (TPSA) is 108 Å². The number of aromatic nitrogens is 5. The molecule has 1 aliphatic heterocycles. The summed E-state index contributed by atoms with van der Waals surface area (Å²) in [5.74, 6) is 0.865. The fourth-order valence-corrected chi connectivity index (χ4v) is 3.52. The van der Waals surface area contributed by atoms with E-state index >= 15 is 0 Å². The molecule has 3 aromatic heterocycles. The number of rotatable bonds is 6. The predicted octanol–water partition coefficient (Wildman–Crippen LogP) is 1.74. The quantitative estimate of drug-likeness (QED) is 0.587. The summed E-state index contributed by atoms with van der Waals surface area (Å²) in [5, 5.41) is 28.0. The molecule has 9 heteroatoms. The summed E-state index contributed by atoms with van der Waals surface area (Å²) in [5.41, 5.74) is 4.56. The van der Waals surface area contributed by atoms with Crippen molar-refractivity contribution in [3.05, 3.63) is 42.1 Å². The predicted molar refractivity (Wildman–Crippen MR) is 111 cm³/mol. The number of aryl methyl sites for hydroxylation is 2. The van der Waals surface area contributed by atoms with Gasteiger partial charge in [0.15, 0.2) is 5.69 Å². The summed E-state index contributed by atoms with van der Waals surface area (Å²) in [6.45, 7) is 6.42. The standard InChI is InChI=1S/C20H25N9/c1-13-6-17(8-21)27-29(13)5-4-22-14(2)19-11-23-18-7-15(9-24-20(18)26-19)16-10-25-28(3)12-16/h6-7,9-10,12,14,19,22-23H,4-5,11H2,1-3H3,(H,24,26)/t14-,19-/m1/s1. The van der Waals surface area contributed by atoms with Crippen LogP contribution in [0.4, 0.5) is 11.5 Å². The average Bonchev–Trinajstić information content (AvgIpc) is 3.32. The van der Waals surface area contributed by atoms with Gasteiger partial charge in [0.1, 0.15) is 11.9 Å². The molecule has 3 aromatic rings. The molecule has 150 valence electrons. The van der Waals surface area contributed by atoms with Crippen LogP contribution in [0.25, 0.3) is 11.1 Å². The molecule has 0 amide bonds. The van der Waals surface area contributed by atoms with E-state index < -0.39 is 0 Å². The third-order valence-electron chi connectivity index (χ3n) is 5.25. The third kappa shape index (κ3) is 4.07. The molecule has 29 heavy (non-hydrogen) atoms. The summed E-state index contributed by atoms with van der Waals surface area (Å²) in [4.78, 5) is 4.61. The van der Waals surface area contributed by atoms with Crippen LogP contribution in [0, 0.1) is 18.3 Å². The maximum atomic E-state index is 8.96. The van der Waals surface area contributed by atoms with Crippen molar-refractivity contribution in [3.8, 4) is 17.2 Å². The van der Waals surface area contributed by atoms with Gasteiger partial charge < -0.3 is 16.0 Å².